The highest BCUT2D eigenvalue weighted by Crippen LogP contribution is 2.28. The van der Waals surface area contributed by atoms with Crippen molar-refractivity contribution in [2.75, 3.05) is 16.8 Å². The van der Waals surface area contributed by atoms with Crippen LogP contribution in [0.25, 0.3) is 0 Å². The molecule has 1 amide bonds. The molecule has 3 aromatic rings. The molecule has 0 unspecified atom stereocenters. The molecule has 0 fully saturated rings. The van der Waals surface area contributed by atoms with E-state index in [1.165, 1.54) is 5.56 Å². The summed E-state index contributed by atoms with van der Waals surface area (Å²) in [5.74, 6) is 0.516. The van der Waals surface area contributed by atoms with Crippen LogP contribution in [0, 0.1) is 6.92 Å². The Morgan fingerprint density at radius 3 is 2.62 bits per heavy atom. The number of fused-ring (bicyclic) bond motifs is 1. The van der Waals surface area contributed by atoms with Crippen molar-refractivity contribution in [1.82, 2.24) is 10.2 Å². The van der Waals surface area contributed by atoms with E-state index in [1.54, 1.807) is 17.0 Å². The maximum absolute atomic E-state index is 12.9. The van der Waals surface area contributed by atoms with E-state index >= 15 is 0 Å². The number of benzene rings is 2. The molecule has 2 aromatic carbocycles. The minimum Gasteiger partial charge on any atom is -0.339 e. The number of hydrogen-bond acceptors (Lipinski definition) is 4. The second-order valence-electron chi connectivity index (χ2n) is 6.43. The SMILES string of the molecule is Cc1ccccc1Nc1ccc(C(=O)N2CCCc3ccccc32)nn1. The first-order chi connectivity index (χ1) is 12.7. The molecule has 4 rings (SSSR count). The molecule has 2 heterocycles. The van der Waals surface area contributed by atoms with E-state index in [0.29, 0.717) is 18.1 Å². The Kier molecular flexibility index (Phi) is 4.35. The van der Waals surface area contributed by atoms with Gasteiger partial charge in [-0.2, -0.15) is 0 Å². The van der Waals surface area contributed by atoms with Crippen LogP contribution in [0.3, 0.4) is 0 Å². The lowest BCUT2D eigenvalue weighted by Crippen LogP contribution is -2.36. The average molecular weight is 344 g/mol. The second-order valence-corrected chi connectivity index (χ2v) is 6.43. The quantitative estimate of drug-likeness (QED) is 0.776. The fraction of sp³-hybridized carbons (Fsp3) is 0.190. The molecule has 0 saturated heterocycles. The molecule has 5 nitrogen and oxygen atoms in total. The van der Waals surface area contributed by atoms with Gasteiger partial charge in [-0.15, -0.1) is 10.2 Å². The Morgan fingerprint density at radius 1 is 1.00 bits per heavy atom. The van der Waals surface area contributed by atoms with Gasteiger partial charge in [0.25, 0.3) is 5.91 Å². The standard InChI is InChI=1S/C21H20N4O/c1-15-7-2-4-10-17(15)22-20-13-12-18(23-24-20)21(26)25-14-6-9-16-8-3-5-11-19(16)25/h2-5,7-8,10-13H,6,9,14H2,1H3,(H,22,24). The number of amides is 1. The number of hydrogen-bond donors (Lipinski definition) is 1. The summed E-state index contributed by atoms with van der Waals surface area (Å²) in [7, 11) is 0. The van der Waals surface area contributed by atoms with Crippen LogP contribution in [0.1, 0.15) is 28.0 Å². The van der Waals surface area contributed by atoms with Crippen LogP contribution in [0.5, 0.6) is 0 Å². The van der Waals surface area contributed by atoms with Gasteiger partial charge in [0, 0.05) is 17.9 Å². The lowest BCUT2D eigenvalue weighted by molar-refractivity contribution is 0.0979. The first kappa shape index (κ1) is 16.3. The molecule has 0 bridgehead atoms. The van der Waals surface area contributed by atoms with E-state index in [2.05, 4.69) is 21.6 Å². The topological polar surface area (TPSA) is 58.1 Å². The molecule has 0 spiro atoms. The summed E-state index contributed by atoms with van der Waals surface area (Å²) in [6.45, 7) is 2.74. The molecular formula is C21H20N4O. The fourth-order valence-electron chi connectivity index (χ4n) is 3.25. The van der Waals surface area contributed by atoms with Crippen molar-refractivity contribution in [2.24, 2.45) is 0 Å². The zero-order chi connectivity index (χ0) is 17.9. The van der Waals surface area contributed by atoms with Crippen molar-refractivity contribution in [3.05, 3.63) is 77.5 Å². The molecule has 0 radical (unpaired) electrons. The third kappa shape index (κ3) is 3.16. The second kappa shape index (κ2) is 6.96. The Labute approximate surface area is 152 Å². The smallest absolute Gasteiger partial charge is 0.278 e. The van der Waals surface area contributed by atoms with Crippen LogP contribution in [0.4, 0.5) is 17.2 Å². The molecule has 0 aliphatic carbocycles. The molecule has 1 aromatic heterocycles. The lowest BCUT2D eigenvalue weighted by Gasteiger charge is -2.29. The number of para-hydroxylation sites is 2. The van der Waals surface area contributed by atoms with Crippen LogP contribution >= 0.6 is 0 Å². The zero-order valence-corrected chi connectivity index (χ0v) is 14.6. The Hall–Kier alpha value is -3.21. The van der Waals surface area contributed by atoms with E-state index in [0.717, 1.165) is 29.8 Å². The molecular weight excluding hydrogens is 324 g/mol. The summed E-state index contributed by atoms with van der Waals surface area (Å²) in [5.41, 5.74) is 4.65. The van der Waals surface area contributed by atoms with E-state index < -0.39 is 0 Å². The third-order valence-electron chi connectivity index (χ3n) is 4.65. The van der Waals surface area contributed by atoms with E-state index in [9.17, 15) is 4.79 Å². The number of nitrogens with zero attached hydrogens (tertiary/aromatic N) is 3. The summed E-state index contributed by atoms with van der Waals surface area (Å²) >= 11 is 0. The summed E-state index contributed by atoms with van der Waals surface area (Å²) in [5, 5.41) is 11.6. The molecule has 0 atom stereocenters. The van der Waals surface area contributed by atoms with Crippen molar-refractivity contribution < 1.29 is 4.79 Å². The zero-order valence-electron chi connectivity index (χ0n) is 14.6. The van der Waals surface area contributed by atoms with Crippen molar-refractivity contribution in [3.63, 3.8) is 0 Å². The Bertz CT molecular complexity index is 937. The van der Waals surface area contributed by atoms with Gasteiger partial charge < -0.3 is 10.2 Å². The van der Waals surface area contributed by atoms with Crippen molar-refractivity contribution in [2.45, 2.75) is 19.8 Å². The van der Waals surface area contributed by atoms with Crippen LogP contribution in [0.2, 0.25) is 0 Å². The van der Waals surface area contributed by atoms with Gasteiger partial charge >= 0.3 is 0 Å². The van der Waals surface area contributed by atoms with Gasteiger partial charge in [0.15, 0.2) is 11.5 Å². The normalized spacial score (nSPS) is 13.2. The van der Waals surface area contributed by atoms with Crippen LogP contribution < -0.4 is 10.2 Å². The van der Waals surface area contributed by atoms with Crippen molar-refractivity contribution in [3.8, 4) is 0 Å². The van der Waals surface area contributed by atoms with Crippen LogP contribution in [-0.4, -0.2) is 22.6 Å². The Morgan fingerprint density at radius 2 is 1.81 bits per heavy atom. The number of nitrogens with one attached hydrogen (secondary N) is 1. The summed E-state index contributed by atoms with van der Waals surface area (Å²) in [4.78, 5) is 14.7. The molecule has 0 saturated carbocycles. The predicted octanol–water partition coefficient (Wildman–Crippen LogP) is 4.12. The van der Waals surface area contributed by atoms with Gasteiger partial charge in [-0.05, 0) is 55.2 Å². The van der Waals surface area contributed by atoms with Gasteiger partial charge in [-0.3, -0.25) is 4.79 Å². The van der Waals surface area contributed by atoms with Gasteiger partial charge in [0.2, 0.25) is 0 Å². The van der Waals surface area contributed by atoms with E-state index in [4.69, 9.17) is 0 Å². The van der Waals surface area contributed by atoms with Crippen molar-refractivity contribution in [1.29, 1.82) is 0 Å². The minimum atomic E-state index is -0.105. The van der Waals surface area contributed by atoms with Crippen LogP contribution in [-0.2, 0) is 6.42 Å². The number of carbonyl (C=O) groups is 1. The van der Waals surface area contributed by atoms with Crippen LogP contribution in [0.15, 0.2) is 60.7 Å². The largest absolute Gasteiger partial charge is 0.339 e. The average Bonchev–Trinajstić information content (AvgIpc) is 2.69. The minimum absolute atomic E-state index is 0.105. The third-order valence-corrected chi connectivity index (χ3v) is 4.65. The summed E-state index contributed by atoms with van der Waals surface area (Å²) in [6, 6.07) is 19.5. The van der Waals surface area contributed by atoms with Gasteiger partial charge in [0.1, 0.15) is 0 Å². The van der Waals surface area contributed by atoms with Gasteiger partial charge in [0.05, 0.1) is 0 Å². The predicted molar refractivity (Wildman–Crippen MR) is 103 cm³/mol. The number of aromatic nitrogens is 2. The maximum Gasteiger partial charge on any atom is 0.278 e. The van der Waals surface area contributed by atoms with Gasteiger partial charge in [-0.25, -0.2) is 0 Å². The van der Waals surface area contributed by atoms with E-state index in [-0.39, 0.29) is 5.91 Å². The first-order valence-corrected chi connectivity index (χ1v) is 8.78. The highest BCUT2D eigenvalue weighted by Gasteiger charge is 2.24. The maximum atomic E-state index is 12.9. The molecule has 1 aliphatic rings. The molecule has 5 heteroatoms. The highest BCUT2D eigenvalue weighted by atomic mass is 16.2. The fourth-order valence-corrected chi connectivity index (χ4v) is 3.25. The molecule has 1 N–H and O–H groups in total. The number of aryl methyl sites for hydroxylation is 2. The number of rotatable bonds is 3. The Balaban J connectivity index is 1.54. The number of carbonyl (C=O) groups excluding carboxylic acids is 1. The van der Waals surface area contributed by atoms with Crippen molar-refractivity contribution >= 4 is 23.1 Å². The number of anilines is 3. The molecule has 26 heavy (non-hydrogen) atoms. The lowest BCUT2D eigenvalue weighted by atomic mass is 10.0. The van der Waals surface area contributed by atoms with Gasteiger partial charge in [-0.1, -0.05) is 36.4 Å². The molecule has 1 aliphatic heterocycles. The summed E-state index contributed by atoms with van der Waals surface area (Å²) < 4.78 is 0. The highest BCUT2D eigenvalue weighted by molar-refractivity contribution is 6.05. The molecule has 130 valence electrons. The van der Waals surface area contributed by atoms with E-state index in [1.807, 2.05) is 49.4 Å². The first-order valence-electron chi connectivity index (χ1n) is 8.78. The monoisotopic (exact) mass is 344 g/mol. The summed E-state index contributed by atoms with van der Waals surface area (Å²) in [6.07, 6.45) is 1.97.